The number of fused-ring (bicyclic) bond motifs is 2. The van der Waals surface area contributed by atoms with Gasteiger partial charge in [-0.25, -0.2) is 15.0 Å². The Morgan fingerprint density at radius 1 is 1.24 bits per heavy atom. The van der Waals surface area contributed by atoms with E-state index in [-0.39, 0.29) is 5.91 Å². The van der Waals surface area contributed by atoms with Crippen molar-refractivity contribution in [3.8, 4) is 0 Å². The van der Waals surface area contributed by atoms with Crippen LogP contribution in [0, 0.1) is 0 Å². The smallest absolute Gasteiger partial charge is 0.224 e. The van der Waals surface area contributed by atoms with Crippen molar-refractivity contribution in [2.75, 3.05) is 19.6 Å². The van der Waals surface area contributed by atoms with E-state index in [2.05, 4.69) is 19.9 Å². The molecule has 0 bridgehead atoms. The maximum atomic E-state index is 12.8. The first-order chi connectivity index (χ1) is 14.3. The monoisotopic (exact) mass is 390 g/mol. The highest BCUT2D eigenvalue weighted by Crippen LogP contribution is 2.23. The second kappa shape index (κ2) is 7.91. The molecular weight excluding hydrogens is 364 g/mol. The largest absolute Gasteiger partial charge is 0.338 e. The molecule has 2 aliphatic heterocycles. The molecular formula is C22H26N6O. The number of hydrogen-bond acceptors (Lipinski definition) is 5. The summed E-state index contributed by atoms with van der Waals surface area (Å²) in [5.74, 6) is 1.55. The fourth-order valence-corrected chi connectivity index (χ4v) is 4.38. The molecule has 0 saturated carbocycles. The van der Waals surface area contributed by atoms with Crippen LogP contribution in [0.25, 0.3) is 11.0 Å². The van der Waals surface area contributed by atoms with Crippen LogP contribution in [-0.2, 0) is 24.3 Å². The minimum Gasteiger partial charge on any atom is -0.338 e. The molecule has 5 rings (SSSR count). The van der Waals surface area contributed by atoms with Gasteiger partial charge in [-0.3, -0.25) is 4.79 Å². The maximum absolute atomic E-state index is 12.8. The lowest BCUT2D eigenvalue weighted by molar-refractivity contribution is -0.132. The predicted molar refractivity (Wildman–Crippen MR) is 110 cm³/mol. The molecule has 1 saturated heterocycles. The summed E-state index contributed by atoms with van der Waals surface area (Å²) < 4.78 is 2.05. The molecule has 3 aromatic rings. The van der Waals surface area contributed by atoms with Crippen molar-refractivity contribution >= 4 is 16.9 Å². The molecule has 0 aliphatic carbocycles. The topological polar surface area (TPSA) is 75.9 Å². The Bertz CT molecular complexity index is 1020. The lowest BCUT2D eigenvalue weighted by Crippen LogP contribution is -2.37. The Morgan fingerprint density at radius 2 is 2.17 bits per heavy atom. The van der Waals surface area contributed by atoms with Gasteiger partial charge < -0.3 is 14.8 Å². The van der Waals surface area contributed by atoms with E-state index in [0.717, 1.165) is 60.6 Å². The van der Waals surface area contributed by atoms with Crippen LogP contribution in [0.1, 0.15) is 42.3 Å². The summed E-state index contributed by atoms with van der Waals surface area (Å²) in [7, 11) is 0. The van der Waals surface area contributed by atoms with E-state index in [4.69, 9.17) is 4.98 Å². The number of rotatable bonds is 4. The van der Waals surface area contributed by atoms with Gasteiger partial charge >= 0.3 is 0 Å². The molecule has 2 aromatic heterocycles. The van der Waals surface area contributed by atoms with Gasteiger partial charge in [0.1, 0.15) is 5.82 Å². The average molecular weight is 390 g/mol. The molecule has 0 radical (unpaired) electrons. The second-order valence-corrected chi connectivity index (χ2v) is 7.99. The molecule has 4 heterocycles. The highest BCUT2D eigenvalue weighted by atomic mass is 16.2. The lowest BCUT2D eigenvalue weighted by atomic mass is 9.98. The zero-order chi connectivity index (χ0) is 19.6. The minimum atomic E-state index is 0.175. The molecule has 1 atom stereocenters. The summed E-state index contributed by atoms with van der Waals surface area (Å²) in [5.41, 5.74) is 4.24. The molecule has 7 nitrogen and oxygen atoms in total. The highest BCUT2D eigenvalue weighted by molar-refractivity contribution is 5.77. The van der Waals surface area contributed by atoms with Crippen LogP contribution in [0.15, 0.2) is 36.8 Å². The Hall–Kier alpha value is -2.80. The van der Waals surface area contributed by atoms with Gasteiger partial charge in [0, 0.05) is 56.7 Å². The third kappa shape index (κ3) is 3.74. The van der Waals surface area contributed by atoms with Crippen LogP contribution in [-0.4, -0.2) is 50.0 Å². The van der Waals surface area contributed by atoms with Crippen molar-refractivity contribution in [2.24, 2.45) is 0 Å². The quantitative estimate of drug-likeness (QED) is 0.740. The summed E-state index contributed by atoms with van der Waals surface area (Å²) >= 11 is 0. The number of imidazole rings is 1. The van der Waals surface area contributed by atoms with Gasteiger partial charge in [0.05, 0.1) is 23.1 Å². The Labute approximate surface area is 170 Å². The van der Waals surface area contributed by atoms with Crippen molar-refractivity contribution in [2.45, 2.75) is 44.7 Å². The van der Waals surface area contributed by atoms with Crippen LogP contribution < -0.4 is 5.32 Å². The van der Waals surface area contributed by atoms with Crippen LogP contribution in [0.5, 0.6) is 0 Å². The van der Waals surface area contributed by atoms with E-state index in [0.29, 0.717) is 25.4 Å². The van der Waals surface area contributed by atoms with E-state index in [1.165, 1.54) is 6.42 Å². The third-order valence-electron chi connectivity index (χ3n) is 6.06. The summed E-state index contributed by atoms with van der Waals surface area (Å²) in [5, 5.41) is 3.43. The van der Waals surface area contributed by atoms with Crippen molar-refractivity contribution in [1.82, 2.24) is 29.7 Å². The summed E-state index contributed by atoms with van der Waals surface area (Å²) in [4.78, 5) is 28.6. The number of nitrogens with zero attached hydrogens (tertiary/aromatic N) is 5. The van der Waals surface area contributed by atoms with Crippen LogP contribution in [0.2, 0.25) is 0 Å². The number of nitrogens with one attached hydrogen (secondary N) is 1. The second-order valence-electron chi connectivity index (χ2n) is 7.99. The standard InChI is InChI=1S/C22H26N6O/c29-21(8-11-28-15-25-19-5-1-2-6-20(19)28)27-10-7-18-17(14-27)13-24-22(26-18)16-4-3-9-23-12-16/h1-2,5-6,13,15-16,23H,3-4,7-12,14H2. The fraction of sp³-hybridized carbons (Fsp3) is 0.455. The lowest BCUT2D eigenvalue weighted by Gasteiger charge is -2.29. The van der Waals surface area contributed by atoms with Crippen LogP contribution in [0.3, 0.4) is 0 Å². The van der Waals surface area contributed by atoms with Gasteiger partial charge in [0.2, 0.25) is 5.91 Å². The van der Waals surface area contributed by atoms with E-state index >= 15 is 0 Å². The zero-order valence-corrected chi connectivity index (χ0v) is 16.5. The molecule has 2 aliphatic rings. The van der Waals surface area contributed by atoms with Crippen molar-refractivity contribution < 1.29 is 4.79 Å². The molecule has 1 amide bonds. The minimum absolute atomic E-state index is 0.175. The van der Waals surface area contributed by atoms with E-state index in [1.807, 2.05) is 41.7 Å². The van der Waals surface area contributed by atoms with E-state index in [9.17, 15) is 4.79 Å². The normalized spacial score (nSPS) is 19.3. The Morgan fingerprint density at radius 3 is 3.07 bits per heavy atom. The van der Waals surface area contributed by atoms with Crippen LogP contribution in [0.4, 0.5) is 0 Å². The van der Waals surface area contributed by atoms with E-state index < -0.39 is 0 Å². The summed E-state index contributed by atoms with van der Waals surface area (Å²) in [6.07, 6.45) is 7.38. The van der Waals surface area contributed by atoms with Gasteiger partial charge in [0.25, 0.3) is 0 Å². The number of benzene rings is 1. The number of para-hydroxylation sites is 2. The number of piperidine rings is 1. The molecule has 1 unspecified atom stereocenters. The first kappa shape index (κ1) is 18.2. The summed E-state index contributed by atoms with van der Waals surface area (Å²) in [6.45, 7) is 4.05. The fourth-order valence-electron chi connectivity index (χ4n) is 4.38. The molecule has 29 heavy (non-hydrogen) atoms. The average Bonchev–Trinajstić information content (AvgIpc) is 3.20. The van der Waals surface area contributed by atoms with Gasteiger partial charge in [-0.05, 0) is 31.5 Å². The molecule has 150 valence electrons. The number of hydrogen-bond donors (Lipinski definition) is 1. The zero-order valence-electron chi connectivity index (χ0n) is 16.5. The van der Waals surface area contributed by atoms with Crippen molar-refractivity contribution in [3.05, 3.63) is 53.9 Å². The number of carbonyl (C=O) groups is 1. The number of aromatic nitrogens is 4. The SMILES string of the molecule is O=C(CCn1cnc2ccccc21)N1CCc2nc(C3CCCNC3)ncc2C1. The first-order valence-corrected chi connectivity index (χ1v) is 10.5. The first-order valence-electron chi connectivity index (χ1n) is 10.5. The van der Waals surface area contributed by atoms with Gasteiger partial charge in [0.15, 0.2) is 0 Å². The third-order valence-corrected chi connectivity index (χ3v) is 6.06. The number of carbonyl (C=O) groups excluding carboxylic acids is 1. The number of amides is 1. The van der Waals surface area contributed by atoms with Crippen molar-refractivity contribution in [1.29, 1.82) is 0 Å². The highest BCUT2D eigenvalue weighted by Gasteiger charge is 2.24. The molecule has 0 spiro atoms. The van der Waals surface area contributed by atoms with E-state index in [1.54, 1.807) is 0 Å². The Balaban J connectivity index is 1.22. The van der Waals surface area contributed by atoms with Gasteiger partial charge in [-0.2, -0.15) is 0 Å². The van der Waals surface area contributed by atoms with Crippen molar-refractivity contribution in [3.63, 3.8) is 0 Å². The molecule has 1 N–H and O–H groups in total. The molecule has 1 aromatic carbocycles. The van der Waals surface area contributed by atoms with Crippen LogP contribution >= 0.6 is 0 Å². The number of aryl methyl sites for hydroxylation is 1. The Kier molecular flexibility index (Phi) is 4.97. The molecule has 7 heteroatoms. The molecule has 1 fully saturated rings. The summed E-state index contributed by atoms with van der Waals surface area (Å²) in [6, 6.07) is 8.02. The van der Waals surface area contributed by atoms with Gasteiger partial charge in [-0.15, -0.1) is 0 Å². The predicted octanol–water partition coefficient (Wildman–Crippen LogP) is 2.27. The maximum Gasteiger partial charge on any atom is 0.224 e. The van der Waals surface area contributed by atoms with Gasteiger partial charge in [-0.1, -0.05) is 12.1 Å².